The quantitative estimate of drug-likeness (QED) is 0.889. The third-order valence-corrected chi connectivity index (χ3v) is 3.60. The molecule has 0 spiro atoms. The Morgan fingerprint density at radius 3 is 2.71 bits per heavy atom. The molecule has 2 amide bonds. The second kappa shape index (κ2) is 6.63. The van der Waals surface area contributed by atoms with Crippen molar-refractivity contribution in [3.63, 3.8) is 0 Å². The number of urea groups is 1. The van der Waals surface area contributed by atoms with Gasteiger partial charge in [0.15, 0.2) is 0 Å². The molecule has 1 aromatic heterocycles. The molecule has 0 saturated heterocycles. The van der Waals surface area contributed by atoms with Gasteiger partial charge in [0.25, 0.3) is 0 Å². The summed E-state index contributed by atoms with van der Waals surface area (Å²) in [5, 5.41) is 13.1. The summed E-state index contributed by atoms with van der Waals surface area (Å²) in [5.41, 5.74) is 1.91. The van der Waals surface area contributed by atoms with E-state index in [4.69, 9.17) is 5.11 Å². The minimum absolute atomic E-state index is 0.0386. The minimum Gasteiger partial charge on any atom is -0.395 e. The molecule has 0 bridgehead atoms. The number of benzene rings is 1. The topological polar surface area (TPSA) is 57.5 Å². The molecule has 114 valence electrons. The summed E-state index contributed by atoms with van der Waals surface area (Å²) in [6.07, 6.45) is 1.96. The van der Waals surface area contributed by atoms with Crippen LogP contribution in [-0.4, -0.2) is 39.8 Å². The van der Waals surface area contributed by atoms with E-state index in [0.717, 1.165) is 23.1 Å². The molecular weight excluding hydrogens is 266 g/mol. The van der Waals surface area contributed by atoms with Crippen LogP contribution in [0.3, 0.4) is 0 Å². The van der Waals surface area contributed by atoms with Crippen molar-refractivity contribution in [1.29, 1.82) is 0 Å². The van der Waals surface area contributed by atoms with Crippen molar-refractivity contribution in [3.8, 4) is 0 Å². The lowest BCUT2D eigenvalue weighted by Gasteiger charge is -2.25. The van der Waals surface area contributed by atoms with Crippen LogP contribution in [-0.2, 0) is 6.54 Å². The van der Waals surface area contributed by atoms with Gasteiger partial charge in [0.2, 0.25) is 0 Å². The largest absolute Gasteiger partial charge is 0.395 e. The maximum absolute atomic E-state index is 12.4. The van der Waals surface area contributed by atoms with Crippen LogP contribution in [0.1, 0.15) is 20.8 Å². The normalized spacial score (nSPS) is 11.1. The molecular formula is C16H23N3O2. The Morgan fingerprint density at radius 1 is 1.38 bits per heavy atom. The number of carbonyl (C=O) groups excluding carboxylic acids is 1. The number of carbonyl (C=O) groups is 1. The number of aliphatic hydroxyl groups excluding tert-OH is 1. The maximum Gasteiger partial charge on any atom is 0.322 e. The predicted molar refractivity (Wildman–Crippen MR) is 85.6 cm³/mol. The number of aryl methyl sites for hydroxylation is 1. The van der Waals surface area contributed by atoms with Crippen LogP contribution in [0.5, 0.6) is 0 Å². The lowest BCUT2D eigenvalue weighted by Crippen LogP contribution is -2.41. The van der Waals surface area contributed by atoms with Gasteiger partial charge >= 0.3 is 6.03 Å². The third-order valence-electron chi connectivity index (χ3n) is 3.60. The van der Waals surface area contributed by atoms with Crippen molar-refractivity contribution in [3.05, 3.63) is 30.5 Å². The number of rotatable bonds is 5. The van der Waals surface area contributed by atoms with Crippen molar-refractivity contribution in [2.45, 2.75) is 33.4 Å². The zero-order valence-electron chi connectivity index (χ0n) is 12.8. The van der Waals surface area contributed by atoms with Gasteiger partial charge in [0.1, 0.15) is 0 Å². The molecule has 5 heteroatoms. The molecule has 0 aliphatic carbocycles. The molecule has 2 rings (SSSR count). The molecule has 0 fully saturated rings. The molecule has 2 aromatic rings. The van der Waals surface area contributed by atoms with E-state index >= 15 is 0 Å². The van der Waals surface area contributed by atoms with Gasteiger partial charge in [-0.25, -0.2) is 4.79 Å². The van der Waals surface area contributed by atoms with Crippen molar-refractivity contribution in [2.24, 2.45) is 0 Å². The minimum atomic E-state index is -0.182. The van der Waals surface area contributed by atoms with Gasteiger partial charge in [-0.3, -0.25) is 0 Å². The lowest BCUT2D eigenvalue weighted by atomic mass is 10.2. The predicted octanol–water partition coefficient (Wildman–Crippen LogP) is 2.90. The summed E-state index contributed by atoms with van der Waals surface area (Å²) in [5.74, 6) is 0. The van der Waals surface area contributed by atoms with Crippen molar-refractivity contribution < 1.29 is 9.90 Å². The molecule has 0 unspecified atom stereocenters. The van der Waals surface area contributed by atoms with E-state index in [0.29, 0.717) is 6.54 Å². The summed E-state index contributed by atoms with van der Waals surface area (Å²) in [7, 11) is 0. The number of amides is 2. The van der Waals surface area contributed by atoms with Gasteiger partial charge in [0, 0.05) is 30.7 Å². The van der Waals surface area contributed by atoms with Gasteiger partial charge < -0.3 is 19.9 Å². The molecule has 0 saturated carbocycles. The summed E-state index contributed by atoms with van der Waals surface area (Å²) >= 11 is 0. The van der Waals surface area contributed by atoms with Gasteiger partial charge in [-0.15, -0.1) is 0 Å². The SMILES string of the molecule is CCn1cc(NC(=O)N(CCO)C(C)C)c2ccccc21. The summed E-state index contributed by atoms with van der Waals surface area (Å²) in [4.78, 5) is 14.0. The van der Waals surface area contributed by atoms with E-state index in [-0.39, 0.29) is 18.7 Å². The van der Waals surface area contributed by atoms with E-state index in [2.05, 4.69) is 16.8 Å². The summed E-state index contributed by atoms with van der Waals surface area (Å²) < 4.78 is 2.11. The number of aliphatic hydroxyl groups is 1. The van der Waals surface area contributed by atoms with Crippen LogP contribution in [0.2, 0.25) is 0 Å². The Balaban J connectivity index is 2.29. The first-order valence-corrected chi connectivity index (χ1v) is 7.34. The van der Waals surface area contributed by atoms with Gasteiger partial charge in [-0.1, -0.05) is 18.2 Å². The highest BCUT2D eigenvalue weighted by atomic mass is 16.3. The number of hydrogen-bond donors (Lipinski definition) is 2. The Kier molecular flexibility index (Phi) is 4.85. The van der Waals surface area contributed by atoms with Gasteiger partial charge in [0.05, 0.1) is 17.8 Å². The number of nitrogens with one attached hydrogen (secondary N) is 1. The number of para-hydroxylation sites is 1. The summed E-state index contributed by atoms with van der Waals surface area (Å²) in [6, 6.07) is 7.86. The Labute approximate surface area is 125 Å². The number of anilines is 1. The van der Waals surface area contributed by atoms with E-state index < -0.39 is 0 Å². The Morgan fingerprint density at radius 2 is 2.10 bits per heavy atom. The fourth-order valence-corrected chi connectivity index (χ4v) is 2.50. The fraction of sp³-hybridized carbons (Fsp3) is 0.438. The van der Waals surface area contributed by atoms with Crippen molar-refractivity contribution >= 4 is 22.6 Å². The Hall–Kier alpha value is -2.01. The molecule has 0 atom stereocenters. The molecule has 21 heavy (non-hydrogen) atoms. The number of fused-ring (bicyclic) bond motifs is 1. The van der Waals surface area contributed by atoms with Gasteiger partial charge in [-0.05, 0) is 26.8 Å². The zero-order chi connectivity index (χ0) is 15.4. The first-order chi connectivity index (χ1) is 10.1. The van der Waals surface area contributed by atoms with E-state index in [1.54, 1.807) is 4.90 Å². The molecule has 1 aromatic carbocycles. The summed E-state index contributed by atoms with van der Waals surface area (Å²) in [6.45, 7) is 7.08. The van der Waals surface area contributed by atoms with Crippen molar-refractivity contribution in [1.82, 2.24) is 9.47 Å². The van der Waals surface area contributed by atoms with Crippen LogP contribution < -0.4 is 5.32 Å². The highest BCUT2D eigenvalue weighted by molar-refractivity contribution is 6.01. The fourth-order valence-electron chi connectivity index (χ4n) is 2.50. The highest BCUT2D eigenvalue weighted by Gasteiger charge is 2.18. The van der Waals surface area contributed by atoms with Crippen LogP contribution in [0.4, 0.5) is 10.5 Å². The first kappa shape index (κ1) is 15.4. The number of aromatic nitrogens is 1. The van der Waals surface area contributed by atoms with Crippen molar-refractivity contribution in [2.75, 3.05) is 18.5 Å². The Bertz CT molecular complexity index is 619. The second-order valence-electron chi connectivity index (χ2n) is 5.29. The van der Waals surface area contributed by atoms with Crippen LogP contribution >= 0.6 is 0 Å². The van der Waals surface area contributed by atoms with Gasteiger partial charge in [-0.2, -0.15) is 0 Å². The standard InChI is InChI=1S/C16H23N3O2/c1-4-18-11-14(13-7-5-6-8-15(13)18)17-16(21)19(9-10-20)12(2)3/h5-8,11-12,20H,4,9-10H2,1-3H3,(H,17,21). The molecule has 0 aliphatic rings. The van der Waals surface area contributed by atoms with E-state index in [1.807, 2.05) is 44.3 Å². The van der Waals surface area contributed by atoms with E-state index in [9.17, 15) is 4.79 Å². The first-order valence-electron chi connectivity index (χ1n) is 7.34. The smallest absolute Gasteiger partial charge is 0.322 e. The molecule has 0 radical (unpaired) electrons. The number of nitrogens with zero attached hydrogens (tertiary/aromatic N) is 2. The molecule has 1 heterocycles. The molecule has 0 aliphatic heterocycles. The van der Waals surface area contributed by atoms with E-state index in [1.165, 1.54) is 0 Å². The average Bonchev–Trinajstić information content (AvgIpc) is 2.82. The average molecular weight is 289 g/mol. The van der Waals surface area contributed by atoms with Crippen LogP contribution in [0.15, 0.2) is 30.5 Å². The molecule has 5 nitrogen and oxygen atoms in total. The maximum atomic E-state index is 12.4. The zero-order valence-corrected chi connectivity index (χ0v) is 12.8. The van der Waals surface area contributed by atoms with Crippen LogP contribution in [0, 0.1) is 0 Å². The second-order valence-corrected chi connectivity index (χ2v) is 5.29. The highest BCUT2D eigenvalue weighted by Crippen LogP contribution is 2.26. The third kappa shape index (κ3) is 3.19. The number of hydrogen-bond acceptors (Lipinski definition) is 2. The molecule has 2 N–H and O–H groups in total. The lowest BCUT2D eigenvalue weighted by molar-refractivity contribution is 0.172. The van der Waals surface area contributed by atoms with Crippen LogP contribution in [0.25, 0.3) is 10.9 Å². The monoisotopic (exact) mass is 289 g/mol.